The number of terminal acetylenes is 1. The number of imide groups is 1. The number of carbonyl (C=O) groups excluding carboxylic acids is 3. The Bertz CT molecular complexity index is 622. The van der Waals surface area contributed by atoms with Crippen LogP contribution in [0.25, 0.3) is 0 Å². The molecule has 0 radical (unpaired) electrons. The molecule has 1 saturated heterocycles. The zero-order valence-electron chi connectivity index (χ0n) is 13.4. The summed E-state index contributed by atoms with van der Waals surface area (Å²) in [5, 5.41) is 16.0. The van der Waals surface area contributed by atoms with Gasteiger partial charge >= 0.3 is 6.03 Å². The zero-order chi connectivity index (χ0) is 17.2. The van der Waals surface area contributed by atoms with Gasteiger partial charge in [-0.2, -0.15) is 10.2 Å². The van der Waals surface area contributed by atoms with E-state index in [1.54, 1.807) is 0 Å². The van der Waals surface area contributed by atoms with Crippen molar-refractivity contribution < 1.29 is 14.4 Å². The minimum atomic E-state index is -0.821. The molecule has 1 spiro atoms. The summed E-state index contributed by atoms with van der Waals surface area (Å²) in [4.78, 5) is 35.5. The predicted octanol–water partition coefficient (Wildman–Crippen LogP) is 0.837. The molecule has 3 N–H and O–H groups in total. The second kappa shape index (κ2) is 6.23. The van der Waals surface area contributed by atoms with Crippen molar-refractivity contribution in [1.29, 1.82) is 0 Å². The summed E-state index contributed by atoms with van der Waals surface area (Å²) in [7, 11) is 0. The Morgan fingerprint density at radius 1 is 1.29 bits per heavy atom. The Hall–Kier alpha value is -2.43. The Morgan fingerprint density at radius 3 is 2.54 bits per heavy atom. The number of rotatable bonds is 6. The summed E-state index contributed by atoms with van der Waals surface area (Å²) in [5.74, 6) is 2.16. The molecule has 2 aliphatic heterocycles. The molecule has 8 heteroatoms. The fraction of sp³-hybridized carbons (Fsp3) is 0.688. The minimum Gasteiger partial charge on any atom is -0.356 e. The lowest BCUT2D eigenvalue weighted by molar-refractivity contribution is -0.130. The van der Waals surface area contributed by atoms with Gasteiger partial charge in [-0.1, -0.05) is 0 Å². The Balaban J connectivity index is 1.41. The molecule has 0 unspecified atom stereocenters. The maximum Gasteiger partial charge on any atom is 0.322 e. The van der Waals surface area contributed by atoms with Crippen LogP contribution in [0.5, 0.6) is 0 Å². The molecule has 2 fully saturated rings. The number of urea groups is 1. The standard InChI is InChI=1S/C16H21N5O3/c1-2-3-6-16(20-21-16)9-10-17-12(22)11-4-7-15(8-5-11)13(23)18-14(24)19-15/h1,11H,3-10H2,(H,17,22)(H2,18,19,23,24). The van der Waals surface area contributed by atoms with E-state index in [0.29, 0.717) is 45.1 Å². The molecule has 0 aromatic heterocycles. The van der Waals surface area contributed by atoms with E-state index in [1.807, 2.05) is 0 Å². The number of nitrogens with one attached hydrogen (secondary N) is 3. The van der Waals surface area contributed by atoms with Gasteiger partial charge in [-0.15, -0.1) is 12.3 Å². The average molecular weight is 331 g/mol. The first kappa shape index (κ1) is 16.4. The summed E-state index contributed by atoms with van der Waals surface area (Å²) in [6, 6.07) is -0.447. The highest BCUT2D eigenvalue weighted by Gasteiger charge is 2.49. The molecule has 3 rings (SSSR count). The van der Waals surface area contributed by atoms with Gasteiger partial charge in [-0.25, -0.2) is 4.79 Å². The van der Waals surface area contributed by atoms with Crippen molar-refractivity contribution in [3.8, 4) is 12.3 Å². The third-order valence-electron chi connectivity index (χ3n) is 5.10. The first-order chi connectivity index (χ1) is 11.5. The van der Waals surface area contributed by atoms with E-state index in [9.17, 15) is 14.4 Å². The molecule has 128 valence electrons. The van der Waals surface area contributed by atoms with Crippen LogP contribution >= 0.6 is 0 Å². The summed E-state index contributed by atoms with van der Waals surface area (Å²) in [5.41, 5.74) is -1.21. The summed E-state index contributed by atoms with van der Waals surface area (Å²) < 4.78 is 0. The lowest BCUT2D eigenvalue weighted by atomic mass is 9.76. The van der Waals surface area contributed by atoms with Crippen LogP contribution in [-0.2, 0) is 9.59 Å². The third-order valence-corrected chi connectivity index (χ3v) is 5.10. The molecule has 24 heavy (non-hydrogen) atoms. The van der Waals surface area contributed by atoms with Gasteiger partial charge in [-0.3, -0.25) is 14.9 Å². The van der Waals surface area contributed by atoms with Crippen LogP contribution in [0.15, 0.2) is 10.2 Å². The average Bonchev–Trinajstić information content (AvgIpc) is 3.27. The van der Waals surface area contributed by atoms with Crippen LogP contribution in [0.2, 0.25) is 0 Å². The highest BCUT2D eigenvalue weighted by molar-refractivity contribution is 6.07. The maximum atomic E-state index is 12.3. The highest BCUT2D eigenvalue weighted by atomic mass is 16.2. The van der Waals surface area contributed by atoms with Gasteiger partial charge in [0.05, 0.1) is 0 Å². The Morgan fingerprint density at radius 2 is 2.00 bits per heavy atom. The number of amides is 4. The monoisotopic (exact) mass is 331 g/mol. The van der Waals surface area contributed by atoms with E-state index >= 15 is 0 Å². The van der Waals surface area contributed by atoms with E-state index in [4.69, 9.17) is 6.42 Å². The molecule has 0 aromatic carbocycles. The molecule has 1 aliphatic carbocycles. The zero-order valence-corrected chi connectivity index (χ0v) is 13.4. The summed E-state index contributed by atoms with van der Waals surface area (Å²) in [6.07, 6.45) is 9.39. The molecule has 8 nitrogen and oxygen atoms in total. The number of nitrogens with zero attached hydrogens (tertiary/aromatic N) is 2. The van der Waals surface area contributed by atoms with Crippen molar-refractivity contribution in [1.82, 2.24) is 16.0 Å². The second-order valence-corrected chi connectivity index (χ2v) is 6.69. The minimum absolute atomic E-state index is 0.0117. The molecular formula is C16H21N5O3. The van der Waals surface area contributed by atoms with Gasteiger partial charge in [0.15, 0.2) is 5.66 Å². The van der Waals surface area contributed by atoms with Crippen LogP contribution in [0.1, 0.15) is 44.9 Å². The van der Waals surface area contributed by atoms with Gasteiger partial charge in [0.2, 0.25) is 5.91 Å². The molecule has 0 bridgehead atoms. The van der Waals surface area contributed by atoms with Crippen molar-refractivity contribution in [2.75, 3.05) is 6.54 Å². The fourth-order valence-corrected chi connectivity index (χ4v) is 3.45. The number of hydrogen-bond donors (Lipinski definition) is 3. The SMILES string of the molecule is C#CCCC1(CCNC(=O)C2CCC3(CC2)NC(=O)NC3=O)N=N1. The van der Waals surface area contributed by atoms with E-state index in [1.165, 1.54) is 0 Å². The highest BCUT2D eigenvalue weighted by Crippen LogP contribution is 2.36. The van der Waals surface area contributed by atoms with E-state index in [2.05, 4.69) is 32.1 Å². The molecular weight excluding hydrogens is 310 g/mol. The molecule has 3 aliphatic rings. The predicted molar refractivity (Wildman–Crippen MR) is 84.6 cm³/mol. The van der Waals surface area contributed by atoms with Crippen LogP contribution < -0.4 is 16.0 Å². The van der Waals surface area contributed by atoms with E-state index < -0.39 is 11.6 Å². The van der Waals surface area contributed by atoms with Gasteiger partial charge < -0.3 is 10.6 Å². The quantitative estimate of drug-likeness (QED) is 0.495. The van der Waals surface area contributed by atoms with Crippen molar-refractivity contribution in [3.05, 3.63) is 0 Å². The Labute approximate surface area is 140 Å². The maximum absolute atomic E-state index is 12.3. The molecule has 0 atom stereocenters. The molecule has 4 amide bonds. The summed E-state index contributed by atoms with van der Waals surface area (Å²) in [6.45, 7) is 0.509. The molecule has 1 saturated carbocycles. The summed E-state index contributed by atoms with van der Waals surface area (Å²) >= 11 is 0. The topological polar surface area (TPSA) is 112 Å². The fourth-order valence-electron chi connectivity index (χ4n) is 3.45. The van der Waals surface area contributed by atoms with Gasteiger partial charge in [-0.05, 0) is 25.7 Å². The first-order valence-electron chi connectivity index (χ1n) is 8.27. The van der Waals surface area contributed by atoms with Crippen LogP contribution in [0.4, 0.5) is 4.79 Å². The smallest absolute Gasteiger partial charge is 0.322 e. The number of hydrogen-bond acceptors (Lipinski definition) is 5. The van der Waals surface area contributed by atoms with Crippen molar-refractivity contribution >= 4 is 17.8 Å². The Kier molecular flexibility index (Phi) is 4.26. The van der Waals surface area contributed by atoms with Crippen LogP contribution in [0.3, 0.4) is 0 Å². The van der Waals surface area contributed by atoms with Crippen molar-refractivity contribution in [3.63, 3.8) is 0 Å². The van der Waals surface area contributed by atoms with Gasteiger partial charge in [0, 0.05) is 31.7 Å². The third kappa shape index (κ3) is 3.25. The number of carbonyl (C=O) groups is 3. The van der Waals surface area contributed by atoms with Gasteiger partial charge in [0.1, 0.15) is 5.54 Å². The first-order valence-corrected chi connectivity index (χ1v) is 8.27. The lowest BCUT2D eigenvalue weighted by Crippen LogP contribution is -2.51. The molecule has 0 aromatic rings. The van der Waals surface area contributed by atoms with Gasteiger partial charge in [0.25, 0.3) is 5.91 Å². The van der Waals surface area contributed by atoms with Crippen LogP contribution in [-0.4, -0.2) is 35.6 Å². The van der Waals surface area contributed by atoms with E-state index in [0.717, 1.165) is 6.42 Å². The van der Waals surface area contributed by atoms with Crippen molar-refractivity contribution in [2.24, 2.45) is 16.1 Å². The lowest BCUT2D eigenvalue weighted by Gasteiger charge is -2.33. The van der Waals surface area contributed by atoms with E-state index in [-0.39, 0.29) is 23.4 Å². The molecule has 2 heterocycles. The normalized spacial score (nSPS) is 29.7. The van der Waals surface area contributed by atoms with Crippen LogP contribution in [0, 0.1) is 18.3 Å². The van der Waals surface area contributed by atoms with Crippen molar-refractivity contribution in [2.45, 2.75) is 56.1 Å². The second-order valence-electron chi connectivity index (χ2n) is 6.69. The largest absolute Gasteiger partial charge is 0.356 e.